The highest BCUT2D eigenvalue weighted by atomic mass is 35.5. The molecule has 4 rings (SSSR count). The fourth-order valence-corrected chi connectivity index (χ4v) is 5.42. The van der Waals surface area contributed by atoms with Gasteiger partial charge in [0.05, 0.1) is 24.2 Å². The molecule has 1 unspecified atom stereocenters. The van der Waals surface area contributed by atoms with Crippen molar-refractivity contribution in [2.75, 3.05) is 6.54 Å². The summed E-state index contributed by atoms with van der Waals surface area (Å²) in [6, 6.07) is 9.61. The molecule has 1 atom stereocenters. The summed E-state index contributed by atoms with van der Waals surface area (Å²) in [6.45, 7) is 0.469. The predicted molar refractivity (Wildman–Crippen MR) is 99.6 cm³/mol. The van der Waals surface area contributed by atoms with Crippen LogP contribution in [0.4, 0.5) is 4.79 Å². The number of halogens is 1. The Kier molecular flexibility index (Phi) is 4.37. The Morgan fingerprint density at radius 3 is 2.73 bits per heavy atom. The Hall–Kier alpha value is -2.10. The zero-order valence-electron chi connectivity index (χ0n) is 14.1. The number of carbonyl (C=O) groups is 1. The van der Waals surface area contributed by atoms with Gasteiger partial charge in [0.15, 0.2) is 0 Å². The standard InChI is InChI=1S/C19H18ClN3O2S/c20-13-4-2-12(3-5-13)19(8-1-9-19)17-16-14(7-11-23(17)18(24)25)26-15(22-16)6-10-21/h2-5,17H,1,6-9,11H2,(H,24,25). The molecule has 2 heterocycles. The van der Waals surface area contributed by atoms with Crippen LogP contribution in [0.1, 0.15) is 46.4 Å². The second-order valence-electron chi connectivity index (χ2n) is 6.90. The lowest BCUT2D eigenvalue weighted by molar-refractivity contribution is 0.0497. The molecule has 7 heteroatoms. The molecular formula is C19H18ClN3O2S. The third-order valence-corrected chi connectivity index (χ3v) is 6.97. The van der Waals surface area contributed by atoms with Gasteiger partial charge in [-0.05, 0) is 30.5 Å². The van der Waals surface area contributed by atoms with E-state index in [1.165, 1.54) is 0 Å². The molecule has 1 saturated carbocycles. The van der Waals surface area contributed by atoms with Gasteiger partial charge in [-0.2, -0.15) is 5.26 Å². The number of hydrogen-bond donors (Lipinski definition) is 1. The average molecular weight is 388 g/mol. The zero-order chi connectivity index (χ0) is 18.3. The number of carboxylic acid groups (broad SMARTS) is 1. The topological polar surface area (TPSA) is 77.2 Å². The first-order chi connectivity index (χ1) is 12.5. The number of thiazole rings is 1. The van der Waals surface area contributed by atoms with Crippen LogP contribution in [-0.2, 0) is 18.3 Å². The van der Waals surface area contributed by atoms with Crippen LogP contribution in [0.15, 0.2) is 24.3 Å². The fraction of sp³-hybridized carbons (Fsp3) is 0.421. The number of amides is 1. The van der Waals surface area contributed by atoms with Crippen LogP contribution in [0.3, 0.4) is 0 Å². The highest BCUT2D eigenvalue weighted by Gasteiger charge is 2.52. The molecule has 1 aromatic carbocycles. The maximum atomic E-state index is 12.0. The van der Waals surface area contributed by atoms with Crippen molar-refractivity contribution < 1.29 is 9.90 Å². The van der Waals surface area contributed by atoms with E-state index < -0.39 is 6.09 Å². The molecule has 1 amide bonds. The Bertz CT molecular complexity index is 883. The van der Waals surface area contributed by atoms with Crippen LogP contribution in [-0.4, -0.2) is 27.6 Å². The summed E-state index contributed by atoms with van der Waals surface area (Å²) in [5, 5.41) is 20.3. The van der Waals surface area contributed by atoms with Gasteiger partial charge in [0.25, 0.3) is 0 Å². The Balaban J connectivity index is 1.84. The molecule has 0 radical (unpaired) electrons. The van der Waals surface area contributed by atoms with Crippen molar-refractivity contribution >= 4 is 29.0 Å². The van der Waals surface area contributed by atoms with Crippen molar-refractivity contribution in [2.45, 2.75) is 43.6 Å². The van der Waals surface area contributed by atoms with Gasteiger partial charge in [-0.1, -0.05) is 30.2 Å². The van der Waals surface area contributed by atoms with E-state index in [1.54, 1.807) is 16.2 Å². The first-order valence-corrected chi connectivity index (χ1v) is 9.85. The summed E-state index contributed by atoms with van der Waals surface area (Å²) in [4.78, 5) is 19.4. The van der Waals surface area contributed by atoms with E-state index in [9.17, 15) is 9.90 Å². The molecule has 26 heavy (non-hydrogen) atoms. The van der Waals surface area contributed by atoms with Gasteiger partial charge in [0, 0.05) is 28.3 Å². The van der Waals surface area contributed by atoms with Gasteiger partial charge >= 0.3 is 6.09 Å². The minimum Gasteiger partial charge on any atom is -0.465 e. The molecule has 1 aliphatic carbocycles. The third kappa shape index (κ3) is 2.67. The number of aromatic nitrogens is 1. The number of fused-ring (bicyclic) bond motifs is 1. The van der Waals surface area contributed by atoms with Crippen molar-refractivity contribution in [3.8, 4) is 6.07 Å². The van der Waals surface area contributed by atoms with Gasteiger partial charge in [0.2, 0.25) is 0 Å². The number of rotatable bonds is 3. The molecule has 0 spiro atoms. The van der Waals surface area contributed by atoms with E-state index in [2.05, 4.69) is 6.07 Å². The zero-order valence-corrected chi connectivity index (χ0v) is 15.7. The lowest BCUT2D eigenvalue weighted by atomic mass is 9.58. The van der Waals surface area contributed by atoms with Gasteiger partial charge in [-0.25, -0.2) is 9.78 Å². The maximum Gasteiger partial charge on any atom is 0.407 e. The Morgan fingerprint density at radius 2 is 2.15 bits per heavy atom. The Labute approximate surface area is 160 Å². The number of benzene rings is 1. The van der Waals surface area contributed by atoms with Gasteiger partial charge in [0.1, 0.15) is 5.01 Å². The van der Waals surface area contributed by atoms with Crippen LogP contribution < -0.4 is 0 Å². The largest absolute Gasteiger partial charge is 0.465 e. The monoisotopic (exact) mass is 387 g/mol. The summed E-state index contributed by atoms with van der Waals surface area (Å²) >= 11 is 7.61. The smallest absolute Gasteiger partial charge is 0.407 e. The lowest BCUT2D eigenvalue weighted by Crippen LogP contribution is -2.52. The SMILES string of the molecule is N#CCc1nc2c(s1)CCN(C(=O)O)C2C1(c2ccc(Cl)cc2)CCC1. The number of hydrogen-bond acceptors (Lipinski definition) is 4. The molecule has 1 aromatic heterocycles. The molecule has 1 aliphatic heterocycles. The molecule has 5 nitrogen and oxygen atoms in total. The summed E-state index contributed by atoms with van der Waals surface area (Å²) in [5.74, 6) is 0. The predicted octanol–water partition coefficient (Wildman–Crippen LogP) is 4.56. The van der Waals surface area contributed by atoms with Crippen molar-refractivity contribution in [1.82, 2.24) is 9.88 Å². The van der Waals surface area contributed by atoms with E-state index in [4.69, 9.17) is 21.8 Å². The quantitative estimate of drug-likeness (QED) is 0.837. The normalized spacial score (nSPS) is 20.8. The summed E-state index contributed by atoms with van der Waals surface area (Å²) in [7, 11) is 0. The van der Waals surface area contributed by atoms with E-state index in [1.807, 2.05) is 24.3 Å². The van der Waals surface area contributed by atoms with E-state index in [0.29, 0.717) is 18.0 Å². The highest BCUT2D eigenvalue weighted by Crippen LogP contribution is 2.56. The molecule has 1 N–H and O–H groups in total. The maximum absolute atomic E-state index is 12.0. The second-order valence-corrected chi connectivity index (χ2v) is 8.50. The molecule has 0 bridgehead atoms. The molecule has 134 valence electrons. The second kappa shape index (κ2) is 6.57. The van der Waals surface area contributed by atoms with E-state index >= 15 is 0 Å². The van der Waals surface area contributed by atoms with Gasteiger partial charge < -0.3 is 5.11 Å². The number of nitriles is 1. The first kappa shape index (κ1) is 17.3. The van der Waals surface area contributed by atoms with Crippen molar-refractivity contribution in [1.29, 1.82) is 5.26 Å². The minimum atomic E-state index is -0.907. The lowest BCUT2D eigenvalue weighted by Gasteiger charge is -2.52. The van der Waals surface area contributed by atoms with Crippen molar-refractivity contribution in [3.63, 3.8) is 0 Å². The van der Waals surface area contributed by atoms with Crippen LogP contribution in [0, 0.1) is 11.3 Å². The summed E-state index contributed by atoms with van der Waals surface area (Å²) in [5.41, 5.74) is 1.70. The van der Waals surface area contributed by atoms with E-state index in [-0.39, 0.29) is 17.9 Å². The molecule has 2 aliphatic rings. The van der Waals surface area contributed by atoms with Crippen LogP contribution in [0.5, 0.6) is 0 Å². The highest BCUT2D eigenvalue weighted by molar-refractivity contribution is 7.11. The summed E-state index contributed by atoms with van der Waals surface area (Å²) in [6.07, 6.45) is 2.94. The van der Waals surface area contributed by atoms with Crippen LogP contribution in [0.25, 0.3) is 0 Å². The molecule has 2 aromatic rings. The number of nitrogens with zero attached hydrogens (tertiary/aromatic N) is 3. The van der Waals surface area contributed by atoms with Crippen LogP contribution in [0.2, 0.25) is 5.02 Å². The Morgan fingerprint density at radius 1 is 1.42 bits per heavy atom. The minimum absolute atomic E-state index is 0.268. The van der Waals surface area contributed by atoms with Gasteiger partial charge in [-0.15, -0.1) is 11.3 Å². The average Bonchev–Trinajstić information content (AvgIpc) is 2.98. The van der Waals surface area contributed by atoms with Gasteiger partial charge in [-0.3, -0.25) is 4.90 Å². The van der Waals surface area contributed by atoms with Crippen LogP contribution >= 0.6 is 22.9 Å². The fourth-order valence-electron chi connectivity index (χ4n) is 4.27. The molecule has 1 fully saturated rings. The van der Waals surface area contributed by atoms with E-state index in [0.717, 1.165) is 40.4 Å². The van der Waals surface area contributed by atoms with Crippen molar-refractivity contribution in [2.24, 2.45) is 0 Å². The van der Waals surface area contributed by atoms with Crippen molar-refractivity contribution in [3.05, 3.63) is 50.4 Å². The molecular weight excluding hydrogens is 370 g/mol. The first-order valence-electron chi connectivity index (χ1n) is 8.66. The third-order valence-electron chi connectivity index (χ3n) is 5.59. The summed E-state index contributed by atoms with van der Waals surface area (Å²) < 4.78 is 0. The molecule has 0 saturated heterocycles.